The average molecular weight is 377 g/mol. The van der Waals surface area contributed by atoms with Crippen LogP contribution in [-0.4, -0.2) is 52.5 Å². The van der Waals surface area contributed by atoms with Crippen LogP contribution in [0.1, 0.15) is 28.8 Å². The highest BCUT2D eigenvalue weighted by atomic mass is 35.5. The van der Waals surface area contributed by atoms with Gasteiger partial charge in [0.1, 0.15) is 0 Å². The quantitative estimate of drug-likeness (QED) is 0.793. The number of hydrogen-bond donors (Lipinski definition) is 1. The largest absolute Gasteiger partial charge is 0.465 e. The van der Waals surface area contributed by atoms with Gasteiger partial charge in [-0.2, -0.15) is 4.31 Å². The van der Waals surface area contributed by atoms with Gasteiger partial charge < -0.3 is 10.1 Å². The zero-order valence-electron chi connectivity index (χ0n) is 14.2. The van der Waals surface area contributed by atoms with Crippen LogP contribution in [0.25, 0.3) is 0 Å². The molecule has 1 aromatic rings. The van der Waals surface area contributed by atoms with Gasteiger partial charge in [-0.15, -0.1) is 12.4 Å². The van der Waals surface area contributed by atoms with Crippen molar-refractivity contribution < 1.29 is 17.9 Å². The average Bonchev–Trinajstić information content (AvgIpc) is 2.55. The van der Waals surface area contributed by atoms with Crippen LogP contribution in [0.2, 0.25) is 0 Å². The maximum atomic E-state index is 12.8. The highest BCUT2D eigenvalue weighted by molar-refractivity contribution is 7.89. The number of sulfonamides is 1. The van der Waals surface area contributed by atoms with Crippen molar-refractivity contribution in [3.05, 3.63) is 29.3 Å². The minimum atomic E-state index is -3.58. The number of hydrogen-bond acceptors (Lipinski definition) is 5. The molecule has 136 valence electrons. The van der Waals surface area contributed by atoms with E-state index >= 15 is 0 Å². The zero-order valence-corrected chi connectivity index (χ0v) is 15.9. The number of aryl methyl sites for hydroxylation is 1. The van der Waals surface area contributed by atoms with Gasteiger partial charge >= 0.3 is 5.97 Å². The molecule has 1 aliphatic heterocycles. The molecule has 0 aliphatic carbocycles. The summed E-state index contributed by atoms with van der Waals surface area (Å²) in [4.78, 5) is 11.9. The monoisotopic (exact) mass is 376 g/mol. The van der Waals surface area contributed by atoms with Gasteiger partial charge in [-0.1, -0.05) is 6.07 Å². The van der Waals surface area contributed by atoms with Gasteiger partial charge in [0.25, 0.3) is 0 Å². The highest BCUT2D eigenvalue weighted by Gasteiger charge is 2.29. The molecule has 0 spiro atoms. The van der Waals surface area contributed by atoms with Gasteiger partial charge in [-0.25, -0.2) is 13.2 Å². The van der Waals surface area contributed by atoms with Crippen molar-refractivity contribution in [1.29, 1.82) is 0 Å². The van der Waals surface area contributed by atoms with E-state index in [1.54, 1.807) is 19.1 Å². The summed E-state index contributed by atoms with van der Waals surface area (Å²) < 4.78 is 31.8. The summed E-state index contributed by atoms with van der Waals surface area (Å²) in [6.07, 6.45) is 1.69. The van der Waals surface area contributed by atoms with Crippen LogP contribution in [0.4, 0.5) is 0 Å². The van der Waals surface area contributed by atoms with Crippen molar-refractivity contribution in [2.45, 2.75) is 24.7 Å². The Morgan fingerprint density at radius 1 is 1.33 bits per heavy atom. The molecule has 1 aromatic carbocycles. The van der Waals surface area contributed by atoms with Crippen molar-refractivity contribution in [2.75, 3.05) is 33.8 Å². The Morgan fingerprint density at radius 3 is 2.50 bits per heavy atom. The Morgan fingerprint density at radius 2 is 1.96 bits per heavy atom. The Hall–Kier alpha value is -1.15. The molecule has 1 saturated heterocycles. The van der Waals surface area contributed by atoms with Crippen LogP contribution in [0, 0.1) is 12.8 Å². The maximum Gasteiger partial charge on any atom is 0.338 e. The molecule has 1 aliphatic rings. The number of nitrogens with one attached hydrogen (secondary N) is 1. The van der Waals surface area contributed by atoms with Gasteiger partial charge in [-0.3, -0.25) is 0 Å². The lowest BCUT2D eigenvalue weighted by molar-refractivity contribution is 0.0599. The zero-order chi connectivity index (χ0) is 17.0. The molecule has 0 bridgehead atoms. The summed E-state index contributed by atoms with van der Waals surface area (Å²) in [5, 5.41) is 3.14. The van der Waals surface area contributed by atoms with E-state index in [4.69, 9.17) is 4.74 Å². The standard InChI is InChI=1S/C16H24N2O4S.ClH/c1-12-4-5-14(10-15(12)16(19)22-3)23(20,21)18-8-6-13(7-9-18)11-17-2;/h4-5,10,13,17H,6-9,11H2,1-3H3;1H. The van der Waals surface area contributed by atoms with Crippen molar-refractivity contribution in [1.82, 2.24) is 9.62 Å². The Balaban J connectivity index is 0.00000288. The normalized spacial score (nSPS) is 16.5. The number of esters is 1. The van der Waals surface area contributed by atoms with E-state index < -0.39 is 16.0 Å². The number of halogens is 1. The Bertz CT molecular complexity index is 671. The predicted molar refractivity (Wildman–Crippen MR) is 95.2 cm³/mol. The molecule has 0 saturated carbocycles. The molecule has 1 heterocycles. The fourth-order valence-electron chi connectivity index (χ4n) is 2.88. The Labute approximate surface area is 150 Å². The third kappa shape index (κ3) is 4.47. The molecular weight excluding hydrogens is 352 g/mol. The number of carbonyl (C=O) groups is 1. The number of nitrogens with zero attached hydrogens (tertiary/aromatic N) is 1. The smallest absolute Gasteiger partial charge is 0.338 e. The first-order valence-corrected chi connectivity index (χ1v) is 9.18. The van der Waals surface area contributed by atoms with Crippen molar-refractivity contribution in [2.24, 2.45) is 5.92 Å². The number of piperidine rings is 1. The number of carbonyl (C=O) groups excluding carboxylic acids is 1. The van der Waals surface area contributed by atoms with Crippen LogP contribution in [0.15, 0.2) is 23.1 Å². The molecule has 0 amide bonds. The predicted octanol–water partition coefficient (Wildman–Crippen LogP) is 1.82. The van der Waals surface area contributed by atoms with Gasteiger partial charge in [-0.05, 0) is 57.0 Å². The van der Waals surface area contributed by atoms with E-state index in [1.165, 1.54) is 17.5 Å². The fourth-order valence-corrected chi connectivity index (χ4v) is 4.38. The minimum Gasteiger partial charge on any atom is -0.465 e. The first kappa shape index (κ1) is 20.9. The second-order valence-corrected chi connectivity index (χ2v) is 7.81. The van der Waals surface area contributed by atoms with Crippen molar-refractivity contribution in [3.8, 4) is 0 Å². The van der Waals surface area contributed by atoms with Crippen LogP contribution in [-0.2, 0) is 14.8 Å². The topological polar surface area (TPSA) is 75.7 Å². The minimum absolute atomic E-state index is 0. The number of rotatable bonds is 5. The third-order valence-electron chi connectivity index (χ3n) is 4.32. The number of benzene rings is 1. The lowest BCUT2D eigenvalue weighted by Gasteiger charge is -2.31. The number of ether oxygens (including phenoxy) is 1. The van der Waals surface area contributed by atoms with Gasteiger partial charge in [0.2, 0.25) is 10.0 Å². The maximum absolute atomic E-state index is 12.8. The van der Waals surface area contributed by atoms with Crippen LogP contribution in [0.5, 0.6) is 0 Å². The molecule has 2 rings (SSSR count). The molecule has 0 unspecified atom stereocenters. The van der Waals surface area contributed by atoms with Crippen molar-refractivity contribution in [3.63, 3.8) is 0 Å². The Kier molecular flexibility index (Phi) is 7.66. The molecule has 0 radical (unpaired) electrons. The molecule has 8 heteroatoms. The van der Waals surface area contributed by atoms with Gasteiger partial charge in [0.05, 0.1) is 17.6 Å². The second-order valence-electron chi connectivity index (χ2n) is 5.87. The molecule has 0 atom stereocenters. The molecule has 1 N–H and O–H groups in total. The van der Waals surface area contributed by atoms with E-state index in [9.17, 15) is 13.2 Å². The third-order valence-corrected chi connectivity index (χ3v) is 6.21. The first-order chi connectivity index (χ1) is 10.9. The molecule has 0 aromatic heterocycles. The van der Waals surface area contributed by atoms with Crippen molar-refractivity contribution >= 4 is 28.4 Å². The SMILES string of the molecule is CNCC1CCN(S(=O)(=O)c2ccc(C)c(C(=O)OC)c2)CC1.Cl. The van der Waals surface area contributed by atoms with E-state index in [0.717, 1.165) is 19.4 Å². The number of methoxy groups -OCH3 is 1. The van der Waals surface area contributed by atoms with Gasteiger partial charge in [0, 0.05) is 13.1 Å². The molecule has 24 heavy (non-hydrogen) atoms. The summed E-state index contributed by atoms with van der Waals surface area (Å²) in [7, 11) is -0.383. The second kappa shape index (κ2) is 8.80. The van der Waals surface area contributed by atoms with E-state index in [-0.39, 0.29) is 17.3 Å². The molecule has 6 nitrogen and oxygen atoms in total. The van der Waals surface area contributed by atoms with Crippen LogP contribution >= 0.6 is 12.4 Å². The van der Waals surface area contributed by atoms with E-state index in [1.807, 2.05) is 7.05 Å². The summed E-state index contributed by atoms with van der Waals surface area (Å²) in [6, 6.07) is 4.61. The molecule has 1 fully saturated rings. The lowest BCUT2D eigenvalue weighted by Crippen LogP contribution is -2.40. The fraction of sp³-hybridized carbons (Fsp3) is 0.562. The lowest BCUT2D eigenvalue weighted by atomic mass is 9.98. The van der Waals surface area contributed by atoms with Gasteiger partial charge in [0.15, 0.2) is 0 Å². The summed E-state index contributed by atoms with van der Waals surface area (Å²) in [5.41, 5.74) is 0.988. The van der Waals surface area contributed by atoms with Crippen LogP contribution < -0.4 is 5.32 Å². The summed E-state index contributed by atoms with van der Waals surface area (Å²) >= 11 is 0. The van der Waals surface area contributed by atoms with E-state index in [0.29, 0.717) is 30.1 Å². The summed E-state index contributed by atoms with van der Waals surface area (Å²) in [6.45, 7) is 3.68. The first-order valence-electron chi connectivity index (χ1n) is 7.74. The van der Waals surface area contributed by atoms with Crippen LogP contribution in [0.3, 0.4) is 0 Å². The van der Waals surface area contributed by atoms with E-state index in [2.05, 4.69) is 5.32 Å². The highest BCUT2D eigenvalue weighted by Crippen LogP contribution is 2.25. The summed E-state index contributed by atoms with van der Waals surface area (Å²) in [5.74, 6) is -0.0117. The molecular formula is C16H25ClN2O4S.